The number of ether oxygens (including phenoxy) is 2. The van der Waals surface area contributed by atoms with Gasteiger partial charge < -0.3 is 14.8 Å². The van der Waals surface area contributed by atoms with Gasteiger partial charge in [-0.1, -0.05) is 6.42 Å². The first kappa shape index (κ1) is 23.3. The highest BCUT2D eigenvalue weighted by molar-refractivity contribution is 7.90. The summed E-state index contributed by atoms with van der Waals surface area (Å²) < 4.78 is 38.2. The quantitative estimate of drug-likeness (QED) is 0.618. The maximum absolute atomic E-state index is 12.6. The van der Waals surface area contributed by atoms with Gasteiger partial charge in [-0.3, -0.25) is 14.5 Å². The maximum Gasteiger partial charge on any atom is 0.262 e. The van der Waals surface area contributed by atoms with Crippen molar-refractivity contribution >= 4 is 33.5 Å². The van der Waals surface area contributed by atoms with Gasteiger partial charge in [0.15, 0.2) is 0 Å². The first-order valence-electron chi connectivity index (χ1n) is 10.3. The molecule has 1 amide bonds. The molecule has 0 spiro atoms. The summed E-state index contributed by atoms with van der Waals surface area (Å²) in [6.07, 6.45) is 6.57. The Bertz CT molecular complexity index is 1090. The average molecular weight is 458 g/mol. The Balaban J connectivity index is 1.63. The minimum absolute atomic E-state index is 0.112. The van der Waals surface area contributed by atoms with Gasteiger partial charge in [0, 0.05) is 30.8 Å². The number of benzene rings is 2. The number of sulfonamides is 1. The molecule has 0 saturated carbocycles. The predicted molar refractivity (Wildman–Crippen MR) is 125 cm³/mol. The van der Waals surface area contributed by atoms with E-state index < -0.39 is 10.0 Å². The van der Waals surface area contributed by atoms with E-state index in [0.717, 1.165) is 24.8 Å². The lowest BCUT2D eigenvalue weighted by Gasteiger charge is -2.10. The Kier molecular flexibility index (Phi) is 7.88. The molecular formula is C23H27N3O5S. The zero-order valence-electron chi connectivity index (χ0n) is 18.1. The number of amides is 1. The number of carbonyl (C=O) groups excluding carboxylic acids is 1. The molecule has 3 rings (SSSR count). The van der Waals surface area contributed by atoms with E-state index in [1.165, 1.54) is 18.2 Å². The highest BCUT2D eigenvalue weighted by Gasteiger charge is 2.17. The zero-order chi connectivity index (χ0) is 23.0. The van der Waals surface area contributed by atoms with Gasteiger partial charge in [-0.25, -0.2) is 8.42 Å². The molecule has 1 heterocycles. The van der Waals surface area contributed by atoms with E-state index in [9.17, 15) is 13.2 Å². The van der Waals surface area contributed by atoms with Crippen molar-refractivity contribution < 1.29 is 22.7 Å². The molecule has 2 aromatic rings. The second-order valence-corrected chi connectivity index (χ2v) is 8.92. The summed E-state index contributed by atoms with van der Waals surface area (Å²) in [6, 6.07) is 11.3. The lowest BCUT2D eigenvalue weighted by Crippen LogP contribution is -2.30. The average Bonchev–Trinajstić information content (AvgIpc) is 3.06. The van der Waals surface area contributed by atoms with Gasteiger partial charge in [-0.05, 0) is 60.9 Å². The molecule has 0 aromatic heterocycles. The Labute approximate surface area is 188 Å². The lowest BCUT2D eigenvalue weighted by molar-refractivity contribution is -0.111. The van der Waals surface area contributed by atoms with E-state index in [1.807, 2.05) is 0 Å². The second-order valence-electron chi connectivity index (χ2n) is 7.24. The van der Waals surface area contributed by atoms with Gasteiger partial charge >= 0.3 is 0 Å². The fourth-order valence-corrected chi connectivity index (χ4v) is 4.26. The number of hydrogen-bond donors (Lipinski definition) is 2. The molecule has 0 saturated heterocycles. The molecule has 2 aromatic carbocycles. The molecule has 1 aliphatic rings. The molecule has 0 unspecified atom stereocenters. The van der Waals surface area contributed by atoms with Crippen molar-refractivity contribution in [1.29, 1.82) is 0 Å². The number of hydrogen-bond acceptors (Lipinski definition) is 6. The standard InChI is InChI=1S/C23H27N3O5S/c1-30-19-14-17(15-20(16-19)31-2)7-12-23(27)25-18-8-10-21(11-9-18)32(28,29)26-22-6-4-3-5-13-24-22/h7-12,14-16H,3-6,13H2,1-2H3,(H,24,26)(H,25,27)/b12-7+. The third-order valence-electron chi connectivity index (χ3n) is 4.86. The molecule has 2 N–H and O–H groups in total. The number of anilines is 1. The van der Waals surface area contributed by atoms with E-state index in [1.54, 1.807) is 50.6 Å². The van der Waals surface area contributed by atoms with Crippen LogP contribution in [0.3, 0.4) is 0 Å². The molecule has 0 atom stereocenters. The summed E-state index contributed by atoms with van der Waals surface area (Å²) in [5.41, 5.74) is 1.22. The molecule has 1 aliphatic heterocycles. The number of nitrogens with zero attached hydrogens (tertiary/aromatic N) is 1. The van der Waals surface area contributed by atoms with Crippen LogP contribution in [-0.2, 0) is 14.8 Å². The maximum atomic E-state index is 12.6. The van der Waals surface area contributed by atoms with Crippen LogP contribution in [-0.4, -0.2) is 40.9 Å². The number of aliphatic imine (C=N–C) groups is 1. The summed E-state index contributed by atoms with van der Waals surface area (Å²) in [4.78, 5) is 16.7. The first-order chi connectivity index (χ1) is 15.4. The van der Waals surface area contributed by atoms with E-state index in [4.69, 9.17) is 9.47 Å². The van der Waals surface area contributed by atoms with Crippen molar-refractivity contribution in [2.45, 2.75) is 30.6 Å². The number of methoxy groups -OCH3 is 2. The summed E-state index contributed by atoms with van der Waals surface area (Å²) in [5, 5.41) is 2.71. The van der Waals surface area contributed by atoms with Crippen LogP contribution in [0.4, 0.5) is 5.69 Å². The number of nitrogens with one attached hydrogen (secondary N) is 2. The predicted octanol–water partition coefficient (Wildman–Crippen LogP) is 3.61. The van der Waals surface area contributed by atoms with Gasteiger partial charge in [0.05, 0.1) is 19.1 Å². The van der Waals surface area contributed by atoms with Crippen molar-refractivity contribution in [3.8, 4) is 11.5 Å². The fourth-order valence-electron chi connectivity index (χ4n) is 3.17. The van der Waals surface area contributed by atoms with Crippen LogP contribution in [0.15, 0.2) is 58.4 Å². The lowest BCUT2D eigenvalue weighted by atomic mass is 10.2. The molecule has 170 valence electrons. The summed E-state index contributed by atoms with van der Waals surface area (Å²) in [7, 11) is -0.604. The highest BCUT2D eigenvalue weighted by atomic mass is 32.2. The van der Waals surface area contributed by atoms with Gasteiger partial charge in [0.25, 0.3) is 10.0 Å². The monoisotopic (exact) mass is 457 g/mol. The minimum atomic E-state index is -3.71. The topological polar surface area (TPSA) is 106 Å². The van der Waals surface area contributed by atoms with Crippen LogP contribution in [0.1, 0.15) is 31.2 Å². The Morgan fingerprint density at radius 3 is 2.34 bits per heavy atom. The summed E-state index contributed by atoms with van der Waals surface area (Å²) in [5.74, 6) is 1.38. The Hall–Kier alpha value is -3.33. The van der Waals surface area contributed by atoms with Crippen molar-refractivity contribution in [2.24, 2.45) is 4.99 Å². The Morgan fingerprint density at radius 2 is 1.69 bits per heavy atom. The smallest absolute Gasteiger partial charge is 0.262 e. The molecule has 8 nitrogen and oxygen atoms in total. The molecule has 0 radical (unpaired) electrons. The van der Waals surface area contributed by atoms with Crippen LogP contribution in [0.5, 0.6) is 11.5 Å². The number of amidine groups is 1. The van der Waals surface area contributed by atoms with Crippen LogP contribution in [0.25, 0.3) is 6.08 Å². The third-order valence-corrected chi connectivity index (χ3v) is 6.26. The van der Waals surface area contributed by atoms with Gasteiger partial charge in [-0.15, -0.1) is 0 Å². The minimum Gasteiger partial charge on any atom is -0.497 e. The highest BCUT2D eigenvalue weighted by Crippen LogP contribution is 2.23. The van der Waals surface area contributed by atoms with Gasteiger partial charge in [0.2, 0.25) is 5.91 Å². The largest absolute Gasteiger partial charge is 0.497 e. The van der Waals surface area contributed by atoms with Crippen molar-refractivity contribution in [1.82, 2.24) is 4.72 Å². The van der Waals surface area contributed by atoms with Gasteiger partial charge in [0.1, 0.15) is 17.3 Å². The molecule has 9 heteroatoms. The number of rotatable bonds is 7. The molecular weight excluding hydrogens is 430 g/mol. The van der Waals surface area contributed by atoms with Crippen LogP contribution < -0.4 is 19.5 Å². The van der Waals surface area contributed by atoms with E-state index in [2.05, 4.69) is 15.0 Å². The van der Waals surface area contributed by atoms with Crippen LogP contribution >= 0.6 is 0 Å². The van der Waals surface area contributed by atoms with E-state index >= 15 is 0 Å². The Morgan fingerprint density at radius 1 is 1.00 bits per heavy atom. The van der Waals surface area contributed by atoms with Crippen molar-refractivity contribution in [3.63, 3.8) is 0 Å². The third kappa shape index (κ3) is 6.58. The summed E-state index contributed by atoms with van der Waals surface area (Å²) in [6.45, 7) is 0.638. The van der Waals surface area contributed by atoms with E-state index in [0.29, 0.717) is 36.0 Å². The van der Waals surface area contributed by atoms with Crippen LogP contribution in [0.2, 0.25) is 0 Å². The molecule has 0 bridgehead atoms. The van der Waals surface area contributed by atoms with Crippen LogP contribution in [0, 0.1) is 0 Å². The number of carbonyl (C=O) groups is 1. The fraction of sp³-hybridized carbons (Fsp3) is 0.304. The van der Waals surface area contributed by atoms with E-state index in [-0.39, 0.29) is 10.8 Å². The molecule has 0 aliphatic carbocycles. The van der Waals surface area contributed by atoms with Crippen molar-refractivity contribution in [3.05, 3.63) is 54.1 Å². The molecule has 0 fully saturated rings. The summed E-state index contributed by atoms with van der Waals surface area (Å²) >= 11 is 0. The second kappa shape index (κ2) is 10.8. The molecule has 32 heavy (non-hydrogen) atoms. The van der Waals surface area contributed by atoms with Gasteiger partial charge in [-0.2, -0.15) is 0 Å². The van der Waals surface area contributed by atoms with Crippen molar-refractivity contribution in [2.75, 3.05) is 26.1 Å². The first-order valence-corrected chi connectivity index (χ1v) is 11.8. The zero-order valence-corrected chi connectivity index (χ0v) is 18.9. The SMILES string of the molecule is COc1cc(/C=C/C(=O)Nc2ccc(S(=O)(=O)NC3=NCCCCC3)cc2)cc(OC)c1. The normalized spacial score (nSPS) is 14.4.